The van der Waals surface area contributed by atoms with Gasteiger partial charge < -0.3 is 14.8 Å². The highest BCUT2D eigenvalue weighted by atomic mass is 16.2. The van der Waals surface area contributed by atoms with E-state index in [-0.39, 0.29) is 35.8 Å². The van der Waals surface area contributed by atoms with E-state index in [2.05, 4.69) is 17.0 Å². The van der Waals surface area contributed by atoms with Gasteiger partial charge in [-0.05, 0) is 36.9 Å². The summed E-state index contributed by atoms with van der Waals surface area (Å²) in [4.78, 5) is 29.4. The van der Waals surface area contributed by atoms with Crippen LogP contribution in [0.15, 0.2) is 35.9 Å². The van der Waals surface area contributed by atoms with Gasteiger partial charge in [-0.25, -0.2) is 0 Å². The van der Waals surface area contributed by atoms with Crippen LogP contribution in [0.25, 0.3) is 0 Å². The molecule has 5 atom stereocenters. The Labute approximate surface area is 153 Å². The smallest absolute Gasteiger partial charge is 0.224 e. The number of rotatable bonds is 2. The molecule has 0 radical (unpaired) electrons. The second-order valence-corrected chi connectivity index (χ2v) is 8.14. The molecule has 3 aliphatic heterocycles. The third-order valence-electron chi connectivity index (χ3n) is 7.34. The lowest BCUT2D eigenvalue weighted by atomic mass is 9.55. The lowest BCUT2D eigenvalue weighted by Crippen LogP contribution is -2.65. The molecule has 1 aromatic carbocycles. The minimum atomic E-state index is -0.222. The summed E-state index contributed by atoms with van der Waals surface area (Å²) < 4.78 is 0. The molecule has 1 saturated carbocycles. The molecule has 3 fully saturated rings. The van der Waals surface area contributed by atoms with Crippen molar-refractivity contribution in [2.45, 2.75) is 37.3 Å². The molecule has 1 amide bonds. The Morgan fingerprint density at radius 1 is 1.38 bits per heavy atom. The van der Waals surface area contributed by atoms with Crippen molar-refractivity contribution in [1.82, 2.24) is 4.90 Å². The highest BCUT2D eigenvalue weighted by Gasteiger charge is 2.67. The second kappa shape index (κ2) is 5.51. The summed E-state index contributed by atoms with van der Waals surface area (Å²) in [5.74, 6) is -0.0915. The van der Waals surface area contributed by atoms with Gasteiger partial charge in [0.05, 0.1) is 12.6 Å². The van der Waals surface area contributed by atoms with Crippen LogP contribution in [0.4, 0.5) is 5.69 Å². The van der Waals surface area contributed by atoms with Crippen LogP contribution in [-0.2, 0) is 15.0 Å². The molecule has 3 heterocycles. The predicted molar refractivity (Wildman–Crippen MR) is 97.9 cm³/mol. The first-order valence-electron chi connectivity index (χ1n) is 9.52. The number of piperidine rings is 1. The Kier molecular flexibility index (Phi) is 3.43. The van der Waals surface area contributed by atoms with Crippen molar-refractivity contribution in [3.05, 3.63) is 41.5 Å². The van der Waals surface area contributed by atoms with Gasteiger partial charge in [-0.1, -0.05) is 29.8 Å². The lowest BCUT2D eigenvalue weighted by molar-refractivity contribution is -0.120. The number of aldehydes is 1. The molecule has 5 heteroatoms. The van der Waals surface area contributed by atoms with Crippen molar-refractivity contribution in [3.8, 4) is 0 Å². The average molecular weight is 352 g/mol. The minimum absolute atomic E-state index is 0.00236. The summed E-state index contributed by atoms with van der Waals surface area (Å²) >= 11 is 0. The van der Waals surface area contributed by atoms with E-state index in [0.29, 0.717) is 6.04 Å². The first-order chi connectivity index (χ1) is 12.6. The number of nitrogens with zero attached hydrogens (tertiary/aromatic N) is 2. The number of para-hydroxylation sites is 1. The zero-order valence-electron chi connectivity index (χ0n) is 15.0. The lowest BCUT2D eigenvalue weighted by Gasteiger charge is -2.55. The molecule has 26 heavy (non-hydrogen) atoms. The van der Waals surface area contributed by atoms with E-state index in [0.717, 1.165) is 43.5 Å². The summed E-state index contributed by atoms with van der Waals surface area (Å²) in [7, 11) is 0. The summed E-state index contributed by atoms with van der Waals surface area (Å²) in [6, 6.07) is 8.47. The molecule has 5 rings (SSSR count). The van der Waals surface area contributed by atoms with E-state index >= 15 is 0 Å². The van der Waals surface area contributed by atoms with E-state index in [1.165, 1.54) is 5.56 Å². The average Bonchev–Trinajstić information content (AvgIpc) is 3.17. The topological polar surface area (TPSA) is 60.9 Å². The number of fused-ring (bicyclic) bond motifs is 2. The SMILES string of the molecule is CC(=O)N1c2ccccc2[C@]23CCN4CC(=CCO)[C@H](C[C@H]42)[C@@H](C=O)[C@H]13. The molecular weight excluding hydrogens is 328 g/mol. The molecule has 136 valence electrons. The molecule has 1 N–H and O–H groups in total. The zero-order chi connectivity index (χ0) is 18.1. The van der Waals surface area contributed by atoms with Crippen LogP contribution in [0.1, 0.15) is 25.3 Å². The number of aliphatic hydroxyl groups is 1. The van der Waals surface area contributed by atoms with Crippen LogP contribution < -0.4 is 4.90 Å². The van der Waals surface area contributed by atoms with Crippen LogP contribution in [0.3, 0.4) is 0 Å². The number of aliphatic hydroxyl groups excluding tert-OH is 1. The van der Waals surface area contributed by atoms with Gasteiger partial charge in [-0.2, -0.15) is 0 Å². The summed E-state index contributed by atoms with van der Waals surface area (Å²) in [6.07, 6.45) is 4.87. The molecule has 5 nitrogen and oxygen atoms in total. The standard InChI is InChI=1S/C21H24N2O3/c1-13(26)23-18-5-3-2-4-17(18)21-7-8-22-11-14(6-9-24)15(10-19(21)22)16(12-25)20(21)23/h2-6,12,15-16,19-20,24H,7-11H2,1H3/t15-,16+,19-,20-,21+/m0/s1. The van der Waals surface area contributed by atoms with Crippen molar-refractivity contribution < 1.29 is 14.7 Å². The summed E-state index contributed by atoms with van der Waals surface area (Å²) in [5.41, 5.74) is 3.25. The van der Waals surface area contributed by atoms with Gasteiger partial charge in [0.25, 0.3) is 0 Å². The molecule has 1 spiro atoms. The van der Waals surface area contributed by atoms with E-state index < -0.39 is 0 Å². The van der Waals surface area contributed by atoms with Gasteiger partial charge in [0, 0.05) is 36.5 Å². The van der Waals surface area contributed by atoms with E-state index in [1.54, 1.807) is 6.92 Å². The predicted octanol–water partition coefficient (Wildman–Crippen LogP) is 1.50. The number of carbonyl (C=O) groups excluding carboxylic acids is 2. The fraction of sp³-hybridized carbons (Fsp3) is 0.524. The maximum absolute atomic E-state index is 12.7. The van der Waals surface area contributed by atoms with Gasteiger partial charge in [-0.15, -0.1) is 0 Å². The normalized spacial score (nSPS) is 39.0. The molecule has 0 aromatic heterocycles. The number of benzene rings is 1. The largest absolute Gasteiger partial charge is 0.392 e. The van der Waals surface area contributed by atoms with Crippen molar-refractivity contribution in [2.24, 2.45) is 11.8 Å². The van der Waals surface area contributed by atoms with Gasteiger partial charge in [0.2, 0.25) is 5.91 Å². The van der Waals surface area contributed by atoms with E-state index in [1.807, 2.05) is 23.1 Å². The quantitative estimate of drug-likeness (QED) is 0.647. The number of hydrogen-bond acceptors (Lipinski definition) is 4. The summed E-state index contributed by atoms with van der Waals surface area (Å²) in [6.45, 7) is 3.42. The highest BCUT2D eigenvalue weighted by molar-refractivity contribution is 5.97. The second-order valence-electron chi connectivity index (χ2n) is 8.14. The Morgan fingerprint density at radius 2 is 2.19 bits per heavy atom. The first kappa shape index (κ1) is 16.2. The van der Waals surface area contributed by atoms with Gasteiger partial charge in [0.15, 0.2) is 0 Å². The Bertz CT molecular complexity index is 819. The maximum Gasteiger partial charge on any atom is 0.224 e. The summed E-state index contributed by atoms with van der Waals surface area (Å²) in [5, 5.41) is 9.46. The minimum Gasteiger partial charge on any atom is -0.392 e. The highest BCUT2D eigenvalue weighted by Crippen LogP contribution is 2.62. The van der Waals surface area contributed by atoms with Crippen molar-refractivity contribution >= 4 is 17.9 Å². The van der Waals surface area contributed by atoms with Gasteiger partial charge in [0.1, 0.15) is 6.29 Å². The third kappa shape index (κ3) is 1.78. The number of amides is 1. The molecule has 1 aromatic rings. The van der Waals surface area contributed by atoms with Crippen LogP contribution in [0.5, 0.6) is 0 Å². The van der Waals surface area contributed by atoms with Gasteiger partial charge >= 0.3 is 0 Å². The molecule has 0 unspecified atom stereocenters. The zero-order valence-corrected chi connectivity index (χ0v) is 15.0. The van der Waals surface area contributed by atoms with Crippen LogP contribution in [0.2, 0.25) is 0 Å². The van der Waals surface area contributed by atoms with Crippen LogP contribution >= 0.6 is 0 Å². The monoisotopic (exact) mass is 352 g/mol. The number of hydrogen-bond donors (Lipinski definition) is 1. The fourth-order valence-electron chi connectivity index (χ4n) is 6.55. The van der Waals surface area contributed by atoms with Crippen molar-refractivity contribution in [2.75, 3.05) is 24.6 Å². The van der Waals surface area contributed by atoms with Crippen LogP contribution in [-0.4, -0.2) is 54.0 Å². The Morgan fingerprint density at radius 3 is 2.92 bits per heavy atom. The molecular formula is C21H24N2O3. The molecule has 4 aliphatic rings. The third-order valence-corrected chi connectivity index (χ3v) is 7.34. The Hall–Kier alpha value is -1.98. The van der Waals surface area contributed by atoms with E-state index in [9.17, 15) is 14.7 Å². The van der Waals surface area contributed by atoms with Gasteiger partial charge in [-0.3, -0.25) is 9.69 Å². The first-order valence-corrected chi connectivity index (χ1v) is 9.52. The molecule has 2 bridgehead atoms. The molecule has 2 saturated heterocycles. The fourth-order valence-corrected chi connectivity index (χ4v) is 6.55. The van der Waals surface area contributed by atoms with Crippen molar-refractivity contribution in [3.63, 3.8) is 0 Å². The van der Waals surface area contributed by atoms with Crippen LogP contribution in [0, 0.1) is 11.8 Å². The molecule has 1 aliphatic carbocycles. The van der Waals surface area contributed by atoms with Crippen molar-refractivity contribution in [1.29, 1.82) is 0 Å². The Balaban J connectivity index is 1.75. The van der Waals surface area contributed by atoms with E-state index in [4.69, 9.17) is 0 Å². The number of carbonyl (C=O) groups is 2. The maximum atomic E-state index is 12.7. The number of anilines is 1.